The molecule has 1 aliphatic carbocycles. The lowest BCUT2D eigenvalue weighted by Crippen LogP contribution is -2.27. The first-order valence-corrected chi connectivity index (χ1v) is 14.6. The number of para-hydroxylation sites is 2. The van der Waals surface area contributed by atoms with Gasteiger partial charge in [0.1, 0.15) is 4.83 Å². The molecule has 0 aliphatic heterocycles. The Morgan fingerprint density at radius 2 is 1.66 bits per heavy atom. The standard InChI is InChI=1S/C26H23N5OS3/c1-33-25-27-24-22(19-14-8-9-15-20(19)35-24)23-28-29-26(31(23)25)34-16-21(32)30(17-10-4-2-5-11-17)18-12-6-3-7-13-18/h2-7,10-13H,8-9,14-16H2,1H3. The van der Waals surface area contributed by atoms with Crippen LogP contribution < -0.4 is 4.90 Å². The molecule has 0 bridgehead atoms. The minimum Gasteiger partial charge on any atom is -0.280 e. The fourth-order valence-electron chi connectivity index (χ4n) is 4.61. The van der Waals surface area contributed by atoms with E-state index in [1.165, 1.54) is 35.0 Å². The Morgan fingerprint density at radius 1 is 0.971 bits per heavy atom. The highest BCUT2D eigenvalue weighted by molar-refractivity contribution is 8.00. The largest absolute Gasteiger partial charge is 0.280 e. The van der Waals surface area contributed by atoms with Crippen molar-refractivity contribution in [2.75, 3.05) is 16.9 Å². The number of carbonyl (C=O) groups excluding carboxylic acids is 1. The maximum atomic E-state index is 13.5. The first-order valence-electron chi connectivity index (χ1n) is 11.5. The Kier molecular flexibility index (Phi) is 6.22. The molecule has 0 atom stereocenters. The molecule has 5 aromatic rings. The monoisotopic (exact) mass is 517 g/mol. The summed E-state index contributed by atoms with van der Waals surface area (Å²) in [7, 11) is 0. The summed E-state index contributed by atoms with van der Waals surface area (Å²) < 4.78 is 2.03. The van der Waals surface area contributed by atoms with Crippen LogP contribution in [-0.4, -0.2) is 37.5 Å². The summed E-state index contributed by atoms with van der Waals surface area (Å²) in [4.78, 5) is 22.7. The van der Waals surface area contributed by atoms with E-state index in [2.05, 4.69) is 10.2 Å². The van der Waals surface area contributed by atoms with E-state index >= 15 is 0 Å². The molecule has 1 amide bonds. The molecule has 2 aromatic carbocycles. The van der Waals surface area contributed by atoms with Crippen molar-refractivity contribution in [2.24, 2.45) is 0 Å². The number of rotatable bonds is 6. The molecule has 176 valence electrons. The van der Waals surface area contributed by atoms with E-state index in [-0.39, 0.29) is 11.7 Å². The number of fused-ring (bicyclic) bond motifs is 5. The van der Waals surface area contributed by atoms with Crippen LogP contribution in [0.5, 0.6) is 0 Å². The Hall–Kier alpha value is -2.88. The second-order valence-electron chi connectivity index (χ2n) is 8.32. The number of amides is 1. The van der Waals surface area contributed by atoms with Gasteiger partial charge in [-0.25, -0.2) is 9.38 Å². The summed E-state index contributed by atoms with van der Waals surface area (Å²) in [6.45, 7) is 0. The Bertz CT molecular complexity index is 1470. The minimum atomic E-state index is -0.0169. The highest BCUT2D eigenvalue weighted by Gasteiger charge is 2.25. The van der Waals surface area contributed by atoms with Gasteiger partial charge in [0.15, 0.2) is 16.0 Å². The van der Waals surface area contributed by atoms with Crippen molar-refractivity contribution in [3.05, 3.63) is 71.1 Å². The number of hydrogen-bond donors (Lipinski definition) is 0. The molecular formula is C26H23N5OS3. The van der Waals surface area contributed by atoms with Gasteiger partial charge in [-0.1, -0.05) is 59.9 Å². The molecule has 6 nitrogen and oxygen atoms in total. The van der Waals surface area contributed by atoms with E-state index in [9.17, 15) is 4.79 Å². The first-order chi connectivity index (χ1) is 17.2. The molecule has 0 unspecified atom stereocenters. The Balaban J connectivity index is 1.35. The van der Waals surface area contributed by atoms with Gasteiger partial charge in [-0.3, -0.25) is 9.69 Å². The Labute approximate surface area is 215 Å². The van der Waals surface area contributed by atoms with Crippen LogP contribution in [0.25, 0.3) is 15.9 Å². The molecule has 0 saturated heterocycles. The van der Waals surface area contributed by atoms with Gasteiger partial charge in [-0.05, 0) is 61.8 Å². The predicted octanol–water partition coefficient (Wildman–Crippen LogP) is 6.40. The highest BCUT2D eigenvalue weighted by atomic mass is 32.2. The summed E-state index contributed by atoms with van der Waals surface area (Å²) in [5.74, 6) is 0.217. The van der Waals surface area contributed by atoms with Crippen molar-refractivity contribution < 1.29 is 4.79 Å². The van der Waals surface area contributed by atoms with Crippen molar-refractivity contribution in [3.8, 4) is 0 Å². The van der Waals surface area contributed by atoms with E-state index in [0.29, 0.717) is 5.16 Å². The smallest absolute Gasteiger partial charge is 0.242 e. The number of carbonyl (C=O) groups is 1. The molecule has 1 aliphatic rings. The molecule has 9 heteroatoms. The summed E-state index contributed by atoms with van der Waals surface area (Å²) in [5.41, 5.74) is 3.93. The van der Waals surface area contributed by atoms with Gasteiger partial charge in [0.05, 0.1) is 11.1 Å². The maximum absolute atomic E-state index is 13.5. The zero-order chi connectivity index (χ0) is 23.8. The van der Waals surface area contributed by atoms with Crippen molar-refractivity contribution >= 4 is 68.0 Å². The van der Waals surface area contributed by atoms with Crippen LogP contribution >= 0.6 is 34.9 Å². The van der Waals surface area contributed by atoms with Crippen molar-refractivity contribution in [1.29, 1.82) is 0 Å². The normalized spacial score (nSPS) is 13.3. The van der Waals surface area contributed by atoms with Gasteiger partial charge < -0.3 is 0 Å². The van der Waals surface area contributed by atoms with Gasteiger partial charge in [-0.2, -0.15) is 0 Å². The molecule has 35 heavy (non-hydrogen) atoms. The van der Waals surface area contributed by atoms with Crippen LogP contribution in [0, 0.1) is 0 Å². The second-order valence-corrected chi connectivity index (χ2v) is 11.1. The highest BCUT2D eigenvalue weighted by Crippen LogP contribution is 2.39. The van der Waals surface area contributed by atoms with Crippen LogP contribution in [0.4, 0.5) is 11.4 Å². The molecule has 3 heterocycles. The van der Waals surface area contributed by atoms with E-state index in [0.717, 1.165) is 45.2 Å². The summed E-state index contributed by atoms with van der Waals surface area (Å²) >= 11 is 4.79. The molecular weight excluding hydrogens is 495 g/mol. The van der Waals surface area contributed by atoms with Gasteiger partial charge in [0.2, 0.25) is 5.91 Å². The van der Waals surface area contributed by atoms with E-state index < -0.39 is 0 Å². The SMILES string of the molecule is CSc1nc2sc3c(c2c2nnc(SCC(=O)N(c4ccccc4)c4ccccc4)n12)CCCC3. The third-order valence-electron chi connectivity index (χ3n) is 6.18. The number of hydrogen-bond acceptors (Lipinski definition) is 7. The molecule has 0 fully saturated rings. The summed E-state index contributed by atoms with van der Waals surface area (Å²) in [6.07, 6.45) is 6.65. The predicted molar refractivity (Wildman–Crippen MR) is 145 cm³/mol. The summed E-state index contributed by atoms with van der Waals surface area (Å²) in [5, 5.41) is 11.8. The van der Waals surface area contributed by atoms with E-state index in [1.807, 2.05) is 71.3 Å². The lowest BCUT2D eigenvalue weighted by molar-refractivity contribution is -0.115. The van der Waals surface area contributed by atoms with Crippen molar-refractivity contribution in [3.63, 3.8) is 0 Å². The van der Waals surface area contributed by atoms with E-state index in [1.54, 1.807) is 28.0 Å². The zero-order valence-corrected chi connectivity index (χ0v) is 21.6. The van der Waals surface area contributed by atoms with Crippen LogP contribution in [0.3, 0.4) is 0 Å². The molecule has 0 radical (unpaired) electrons. The maximum Gasteiger partial charge on any atom is 0.242 e. The third kappa shape index (κ3) is 4.11. The van der Waals surface area contributed by atoms with Crippen molar-refractivity contribution in [1.82, 2.24) is 19.6 Å². The quantitative estimate of drug-likeness (QED) is 0.192. The van der Waals surface area contributed by atoms with Crippen molar-refractivity contribution in [2.45, 2.75) is 36.0 Å². The van der Waals surface area contributed by atoms with Crippen LogP contribution in [0.15, 0.2) is 71.0 Å². The number of anilines is 2. The number of benzene rings is 2. The van der Waals surface area contributed by atoms with Gasteiger partial charge in [0, 0.05) is 16.3 Å². The molecule has 3 aromatic heterocycles. The number of nitrogens with zero attached hydrogens (tertiary/aromatic N) is 5. The van der Waals surface area contributed by atoms with E-state index in [4.69, 9.17) is 4.98 Å². The average molecular weight is 518 g/mol. The zero-order valence-electron chi connectivity index (χ0n) is 19.2. The minimum absolute atomic E-state index is 0.0169. The summed E-state index contributed by atoms with van der Waals surface area (Å²) in [6, 6.07) is 19.5. The van der Waals surface area contributed by atoms with Crippen LogP contribution in [-0.2, 0) is 17.6 Å². The number of aryl methyl sites for hydroxylation is 2. The Morgan fingerprint density at radius 3 is 2.34 bits per heavy atom. The molecule has 0 N–H and O–H groups in total. The molecule has 6 rings (SSSR count). The first kappa shape index (κ1) is 22.6. The van der Waals surface area contributed by atoms with Crippen LogP contribution in [0.1, 0.15) is 23.3 Å². The van der Waals surface area contributed by atoms with Gasteiger partial charge in [-0.15, -0.1) is 21.5 Å². The number of aromatic nitrogens is 4. The topological polar surface area (TPSA) is 63.4 Å². The van der Waals surface area contributed by atoms with Gasteiger partial charge >= 0.3 is 0 Å². The average Bonchev–Trinajstić information content (AvgIpc) is 3.49. The second kappa shape index (κ2) is 9.64. The lowest BCUT2D eigenvalue weighted by atomic mass is 9.97. The third-order valence-corrected chi connectivity index (χ3v) is 8.92. The number of thioether (sulfide) groups is 2. The van der Waals surface area contributed by atoms with Crippen LogP contribution in [0.2, 0.25) is 0 Å². The fourth-order valence-corrected chi connectivity index (χ4v) is 7.31. The van der Waals surface area contributed by atoms with Gasteiger partial charge in [0.25, 0.3) is 0 Å². The lowest BCUT2D eigenvalue weighted by Gasteiger charge is -2.22. The molecule has 0 spiro atoms. The fraction of sp³-hybridized carbons (Fsp3) is 0.231. The molecule has 0 saturated carbocycles. The number of thiophene rings is 1.